The second-order valence-corrected chi connectivity index (χ2v) is 7.60. The number of anilines is 1. The lowest BCUT2D eigenvalue weighted by Crippen LogP contribution is -2.19. The third kappa shape index (κ3) is 2.85. The van der Waals surface area contributed by atoms with Gasteiger partial charge in [0.05, 0.1) is 22.6 Å². The number of carbonyl (C=O) groups is 1. The van der Waals surface area contributed by atoms with E-state index in [9.17, 15) is 4.79 Å². The average Bonchev–Trinajstić information content (AvgIpc) is 3.39. The second-order valence-electron chi connectivity index (χ2n) is 6.17. The number of halogens is 1. The van der Waals surface area contributed by atoms with Gasteiger partial charge in [0.1, 0.15) is 10.7 Å². The Morgan fingerprint density at radius 2 is 2.11 bits per heavy atom. The van der Waals surface area contributed by atoms with Crippen molar-refractivity contribution in [2.75, 3.05) is 18.4 Å². The summed E-state index contributed by atoms with van der Waals surface area (Å²) in [6, 6.07) is 13.5. The molecule has 4 aromatic rings. The number of thiophene rings is 1. The first-order valence-electron chi connectivity index (χ1n) is 8.46. The molecule has 0 saturated carbocycles. The van der Waals surface area contributed by atoms with Crippen LogP contribution in [0, 0.1) is 0 Å². The van der Waals surface area contributed by atoms with E-state index in [1.54, 1.807) is 0 Å². The third-order valence-electron chi connectivity index (χ3n) is 4.40. The Labute approximate surface area is 163 Å². The Morgan fingerprint density at radius 3 is 2.93 bits per heavy atom. The highest BCUT2D eigenvalue weighted by atomic mass is 35.5. The predicted octanol–water partition coefficient (Wildman–Crippen LogP) is 4.03. The zero-order chi connectivity index (χ0) is 18.4. The van der Waals surface area contributed by atoms with Crippen LogP contribution in [0.2, 0.25) is 5.02 Å². The van der Waals surface area contributed by atoms with E-state index in [0.717, 1.165) is 45.6 Å². The van der Waals surface area contributed by atoms with Crippen molar-refractivity contribution in [2.24, 2.45) is 4.99 Å². The largest absolute Gasteiger partial charge is 0.368 e. The van der Waals surface area contributed by atoms with Gasteiger partial charge < -0.3 is 10.3 Å². The number of rotatable bonds is 3. The number of aliphatic imine (C=N–C) groups is 1. The molecule has 1 amide bonds. The molecule has 0 atom stereocenters. The van der Waals surface area contributed by atoms with Gasteiger partial charge in [0.25, 0.3) is 5.91 Å². The Morgan fingerprint density at radius 1 is 1.22 bits per heavy atom. The number of amidine groups is 1. The average molecular weight is 396 g/mol. The summed E-state index contributed by atoms with van der Waals surface area (Å²) in [7, 11) is 0. The van der Waals surface area contributed by atoms with E-state index in [2.05, 4.69) is 25.6 Å². The van der Waals surface area contributed by atoms with Gasteiger partial charge >= 0.3 is 0 Å². The smallest absolute Gasteiger partial charge is 0.269 e. The molecule has 0 unspecified atom stereocenters. The van der Waals surface area contributed by atoms with Gasteiger partial charge in [-0.15, -0.1) is 11.3 Å². The highest BCUT2D eigenvalue weighted by Gasteiger charge is 2.19. The van der Waals surface area contributed by atoms with E-state index in [4.69, 9.17) is 11.6 Å². The maximum atomic E-state index is 12.7. The van der Waals surface area contributed by atoms with Crippen LogP contribution in [0.25, 0.3) is 21.1 Å². The molecule has 2 aromatic carbocycles. The van der Waals surface area contributed by atoms with Crippen LogP contribution in [-0.2, 0) is 0 Å². The molecule has 27 heavy (non-hydrogen) atoms. The van der Waals surface area contributed by atoms with Crippen molar-refractivity contribution in [3.63, 3.8) is 0 Å². The number of hydrogen-bond acceptors (Lipinski definition) is 5. The van der Waals surface area contributed by atoms with Crippen LogP contribution in [0.4, 0.5) is 5.95 Å². The number of aromatic amines is 1. The summed E-state index contributed by atoms with van der Waals surface area (Å²) in [4.78, 5) is 25.1. The number of H-pyrrole nitrogens is 1. The molecule has 134 valence electrons. The second kappa shape index (κ2) is 6.37. The summed E-state index contributed by atoms with van der Waals surface area (Å²) in [5.74, 6) is 1.01. The van der Waals surface area contributed by atoms with E-state index < -0.39 is 0 Å². The molecule has 0 saturated heterocycles. The molecule has 0 fully saturated rings. The number of hydrogen-bond donors (Lipinski definition) is 3. The predicted molar refractivity (Wildman–Crippen MR) is 110 cm³/mol. The Hall–Kier alpha value is -2.90. The maximum absolute atomic E-state index is 12.7. The van der Waals surface area contributed by atoms with Crippen LogP contribution in [0.1, 0.15) is 15.2 Å². The molecule has 0 aliphatic carbocycles. The van der Waals surface area contributed by atoms with E-state index in [1.807, 2.05) is 42.5 Å². The first kappa shape index (κ1) is 16.3. The number of carbonyl (C=O) groups excluding carboxylic acids is 1. The first-order chi connectivity index (χ1) is 13.2. The number of fused-ring (bicyclic) bond motifs is 2. The number of para-hydroxylation sites is 2. The van der Waals surface area contributed by atoms with Crippen LogP contribution in [0.15, 0.2) is 47.5 Å². The Kier molecular flexibility index (Phi) is 3.84. The zero-order valence-corrected chi connectivity index (χ0v) is 15.6. The lowest BCUT2D eigenvalue weighted by atomic mass is 10.1. The molecule has 2 aromatic heterocycles. The summed E-state index contributed by atoms with van der Waals surface area (Å²) in [6.07, 6.45) is 0. The van der Waals surface area contributed by atoms with Crippen LogP contribution in [-0.4, -0.2) is 34.8 Å². The van der Waals surface area contributed by atoms with E-state index in [1.165, 1.54) is 11.3 Å². The fourth-order valence-electron chi connectivity index (χ4n) is 3.13. The van der Waals surface area contributed by atoms with Crippen LogP contribution < -0.4 is 10.6 Å². The lowest BCUT2D eigenvalue weighted by molar-refractivity contribution is 0.103. The van der Waals surface area contributed by atoms with Gasteiger partial charge in [0.15, 0.2) is 0 Å². The van der Waals surface area contributed by atoms with Crippen molar-refractivity contribution >= 4 is 61.7 Å². The van der Waals surface area contributed by atoms with Gasteiger partial charge in [0, 0.05) is 22.2 Å². The monoisotopic (exact) mass is 395 g/mol. The summed E-state index contributed by atoms with van der Waals surface area (Å²) < 4.78 is 0.948. The molecule has 1 aliphatic rings. The summed E-state index contributed by atoms with van der Waals surface area (Å²) in [6.45, 7) is 1.63. The van der Waals surface area contributed by atoms with Crippen LogP contribution >= 0.6 is 22.9 Å². The molecule has 3 heterocycles. The van der Waals surface area contributed by atoms with Crippen LogP contribution in [0.3, 0.4) is 0 Å². The number of amides is 1. The van der Waals surface area contributed by atoms with Crippen LogP contribution in [0.5, 0.6) is 0 Å². The van der Waals surface area contributed by atoms with Crippen molar-refractivity contribution in [1.29, 1.82) is 0 Å². The molecule has 8 heteroatoms. The minimum atomic E-state index is -0.280. The fraction of sp³-hybridized carbons (Fsp3) is 0.105. The Balaban J connectivity index is 1.47. The highest BCUT2D eigenvalue weighted by Crippen LogP contribution is 2.36. The summed E-state index contributed by atoms with van der Waals surface area (Å²) in [5, 5.41) is 7.38. The van der Waals surface area contributed by atoms with E-state index in [0.29, 0.717) is 15.8 Å². The maximum Gasteiger partial charge on any atom is 0.269 e. The summed E-state index contributed by atoms with van der Waals surface area (Å²) >= 11 is 7.84. The molecule has 3 N–H and O–H groups in total. The molecule has 1 aliphatic heterocycles. The quantitative estimate of drug-likeness (QED) is 0.489. The molecule has 6 nitrogen and oxygen atoms in total. The SMILES string of the molecule is O=C(Nc1nc2ccccc2[nH]1)c1sc2cc(C3=NCCN3)ccc2c1Cl. The number of nitrogens with zero attached hydrogens (tertiary/aromatic N) is 2. The van der Waals surface area contributed by atoms with Crippen molar-refractivity contribution in [1.82, 2.24) is 15.3 Å². The molecular formula is C19H14ClN5OS. The lowest BCUT2D eigenvalue weighted by Gasteiger charge is -2.01. The van der Waals surface area contributed by atoms with E-state index >= 15 is 0 Å². The number of imidazole rings is 1. The van der Waals surface area contributed by atoms with Crippen molar-refractivity contribution in [3.8, 4) is 0 Å². The topological polar surface area (TPSA) is 82.2 Å². The van der Waals surface area contributed by atoms with Gasteiger partial charge in [-0.25, -0.2) is 4.98 Å². The van der Waals surface area contributed by atoms with Crippen molar-refractivity contribution in [3.05, 3.63) is 57.9 Å². The van der Waals surface area contributed by atoms with E-state index in [-0.39, 0.29) is 5.91 Å². The normalized spacial score (nSPS) is 13.7. The third-order valence-corrected chi connectivity index (χ3v) is 6.06. The minimum Gasteiger partial charge on any atom is -0.368 e. The Bertz CT molecular complexity index is 1190. The van der Waals surface area contributed by atoms with Gasteiger partial charge in [-0.1, -0.05) is 35.9 Å². The molecular weight excluding hydrogens is 382 g/mol. The molecule has 0 spiro atoms. The van der Waals surface area contributed by atoms with Gasteiger partial charge in [-0.05, 0) is 18.2 Å². The standard InChI is InChI=1S/C19H14ClN5OS/c20-15-11-6-5-10(17-21-7-8-22-17)9-14(11)27-16(15)18(26)25-19-23-12-3-1-2-4-13(12)24-19/h1-6,9H,7-8H2,(H,21,22)(H2,23,24,25,26). The van der Waals surface area contributed by atoms with Crippen molar-refractivity contribution in [2.45, 2.75) is 0 Å². The molecule has 5 rings (SSSR count). The number of nitrogens with one attached hydrogen (secondary N) is 3. The van der Waals surface area contributed by atoms with Gasteiger partial charge in [0.2, 0.25) is 5.95 Å². The minimum absolute atomic E-state index is 0.280. The zero-order valence-electron chi connectivity index (χ0n) is 14.0. The fourth-order valence-corrected chi connectivity index (χ4v) is 4.58. The van der Waals surface area contributed by atoms with Gasteiger partial charge in [-0.2, -0.15) is 0 Å². The highest BCUT2D eigenvalue weighted by molar-refractivity contribution is 7.21. The van der Waals surface area contributed by atoms with Crippen molar-refractivity contribution < 1.29 is 4.79 Å². The first-order valence-corrected chi connectivity index (χ1v) is 9.65. The summed E-state index contributed by atoms with van der Waals surface area (Å²) in [5.41, 5.74) is 2.66. The number of benzene rings is 2. The molecule has 0 bridgehead atoms. The van der Waals surface area contributed by atoms with Gasteiger partial charge in [-0.3, -0.25) is 15.1 Å². The molecule has 0 radical (unpaired) electrons. The number of aromatic nitrogens is 2.